The van der Waals surface area contributed by atoms with Gasteiger partial charge in [-0.3, -0.25) is 0 Å². The summed E-state index contributed by atoms with van der Waals surface area (Å²) in [5.41, 5.74) is 2.31. The van der Waals surface area contributed by atoms with Crippen molar-refractivity contribution in [1.29, 1.82) is 0 Å². The third kappa shape index (κ3) is 3.23. The number of hydrogen-bond acceptors (Lipinski definition) is 2. The average Bonchev–Trinajstić information content (AvgIpc) is 2.51. The number of aliphatic hydroxyl groups excluding tert-OH is 1. The lowest BCUT2D eigenvalue weighted by Crippen LogP contribution is -2.32. The van der Waals surface area contributed by atoms with Crippen LogP contribution in [-0.2, 0) is 0 Å². The number of halogens is 1. The van der Waals surface area contributed by atoms with Gasteiger partial charge in [-0.25, -0.2) is 0 Å². The Bertz CT molecular complexity index is 380. The SMILES string of the molecule is Cc1cccc(NC2CCCCCC2O)c1Br. The van der Waals surface area contributed by atoms with E-state index in [1.165, 1.54) is 18.4 Å². The highest BCUT2D eigenvalue weighted by atomic mass is 79.9. The average molecular weight is 298 g/mol. The molecule has 1 saturated carbocycles. The Morgan fingerprint density at radius 1 is 1.24 bits per heavy atom. The van der Waals surface area contributed by atoms with Crippen LogP contribution in [0.25, 0.3) is 0 Å². The first kappa shape index (κ1) is 12.9. The molecule has 2 rings (SSSR count). The Kier molecular flexibility index (Phi) is 4.46. The summed E-state index contributed by atoms with van der Waals surface area (Å²) in [5.74, 6) is 0. The van der Waals surface area contributed by atoms with E-state index in [1.807, 2.05) is 6.07 Å². The summed E-state index contributed by atoms with van der Waals surface area (Å²) in [4.78, 5) is 0. The molecule has 0 aliphatic heterocycles. The fourth-order valence-corrected chi connectivity index (χ4v) is 2.79. The summed E-state index contributed by atoms with van der Waals surface area (Å²) in [6.07, 6.45) is 5.35. The van der Waals surface area contributed by atoms with Gasteiger partial charge in [0.05, 0.1) is 12.1 Å². The summed E-state index contributed by atoms with van der Waals surface area (Å²) in [5, 5.41) is 13.6. The molecule has 94 valence electrons. The predicted molar refractivity (Wildman–Crippen MR) is 75.4 cm³/mol. The fourth-order valence-electron chi connectivity index (χ4n) is 2.42. The maximum Gasteiger partial charge on any atom is 0.0741 e. The van der Waals surface area contributed by atoms with Gasteiger partial charge in [-0.1, -0.05) is 31.4 Å². The second-order valence-electron chi connectivity index (χ2n) is 4.89. The molecule has 3 heteroatoms. The van der Waals surface area contributed by atoms with E-state index in [4.69, 9.17) is 0 Å². The van der Waals surface area contributed by atoms with Crippen LogP contribution in [0.15, 0.2) is 22.7 Å². The Hall–Kier alpha value is -0.540. The molecule has 1 aliphatic rings. The Morgan fingerprint density at radius 3 is 2.82 bits per heavy atom. The molecule has 0 amide bonds. The van der Waals surface area contributed by atoms with E-state index in [-0.39, 0.29) is 12.1 Å². The minimum Gasteiger partial charge on any atom is -0.391 e. The number of aryl methyl sites for hydroxylation is 1. The molecule has 1 aromatic rings. The van der Waals surface area contributed by atoms with E-state index < -0.39 is 0 Å². The molecule has 0 radical (unpaired) electrons. The highest BCUT2D eigenvalue weighted by molar-refractivity contribution is 9.10. The monoisotopic (exact) mass is 297 g/mol. The van der Waals surface area contributed by atoms with Crippen LogP contribution in [0.2, 0.25) is 0 Å². The molecule has 2 nitrogen and oxygen atoms in total. The Morgan fingerprint density at radius 2 is 2.00 bits per heavy atom. The summed E-state index contributed by atoms with van der Waals surface area (Å²) in [7, 11) is 0. The first-order chi connectivity index (χ1) is 8.18. The molecule has 2 N–H and O–H groups in total. The van der Waals surface area contributed by atoms with Crippen molar-refractivity contribution in [3.05, 3.63) is 28.2 Å². The topological polar surface area (TPSA) is 32.3 Å². The zero-order chi connectivity index (χ0) is 12.3. The third-order valence-electron chi connectivity index (χ3n) is 3.51. The number of rotatable bonds is 2. The molecule has 1 aromatic carbocycles. The molecule has 1 aliphatic carbocycles. The second-order valence-corrected chi connectivity index (χ2v) is 5.69. The van der Waals surface area contributed by atoms with Gasteiger partial charge in [-0.05, 0) is 47.3 Å². The number of anilines is 1. The van der Waals surface area contributed by atoms with Gasteiger partial charge in [0.2, 0.25) is 0 Å². The number of benzene rings is 1. The van der Waals surface area contributed by atoms with Gasteiger partial charge in [0, 0.05) is 10.2 Å². The fraction of sp³-hybridized carbons (Fsp3) is 0.571. The largest absolute Gasteiger partial charge is 0.391 e. The standard InChI is InChI=1S/C14H20BrNO/c1-10-6-5-8-12(14(10)15)16-11-7-3-2-4-9-13(11)17/h5-6,8,11,13,16-17H,2-4,7,9H2,1H3. The van der Waals surface area contributed by atoms with Crippen LogP contribution in [-0.4, -0.2) is 17.3 Å². The summed E-state index contributed by atoms with van der Waals surface area (Å²) >= 11 is 3.60. The van der Waals surface area contributed by atoms with Crippen molar-refractivity contribution in [3.63, 3.8) is 0 Å². The molecule has 1 fully saturated rings. The van der Waals surface area contributed by atoms with Crippen LogP contribution < -0.4 is 5.32 Å². The lowest BCUT2D eigenvalue weighted by molar-refractivity contribution is 0.144. The van der Waals surface area contributed by atoms with Gasteiger partial charge in [-0.2, -0.15) is 0 Å². The van der Waals surface area contributed by atoms with Gasteiger partial charge in [0.1, 0.15) is 0 Å². The highest BCUT2D eigenvalue weighted by Crippen LogP contribution is 2.29. The second kappa shape index (κ2) is 5.87. The number of nitrogens with one attached hydrogen (secondary N) is 1. The summed E-state index contributed by atoms with van der Waals surface area (Å²) in [6, 6.07) is 6.38. The zero-order valence-electron chi connectivity index (χ0n) is 10.2. The predicted octanol–water partition coefficient (Wildman–Crippen LogP) is 3.86. The molecule has 2 unspecified atom stereocenters. The van der Waals surface area contributed by atoms with Crippen LogP contribution in [0, 0.1) is 6.92 Å². The maximum absolute atomic E-state index is 10.1. The van der Waals surface area contributed by atoms with Gasteiger partial charge in [0.15, 0.2) is 0 Å². The minimum absolute atomic E-state index is 0.190. The van der Waals surface area contributed by atoms with Crippen LogP contribution in [0.5, 0.6) is 0 Å². The summed E-state index contributed by atoms with van der Waals surface area (Å²) < 4.78 is 1.11. The molecule has 0 saturated heterocycles. The third-order valence-corrected chi connectivity index (χ3v) is 4.56. The lowest BCUT2D eigenvalue weighted by Gasteiger charge is -2.24. The van der Waals surface area contributed by atoms with E-state index in [1.54, 1.807) is 0 Å². The summed E-state index contributed by atoms with van der Waals surface area (Å²) in [6.45, 7) is 2.08. The van der Waals surface area contributed by atoms with Crippen LogP contribution in [0.1, 0.15) is 37.7 Å². The van der Waals surface area contributed by atoms with Crippen LogP contribution in [0.4, 0.5) is 5.69 Å². The molecule has 0 heterocycles. The Labute approximate surface area is 112 Å². The minimum atomic E-state index is -0.218. The molecule has 17 heavy (non-hydrogen) atoms. The first-order valence-corrected chi connectivity index (χ1v) is 7.17. The van der Waals surface area contributed by atoms with Gasteiger partial charge >= 0.3 is 0 Å². The van der Waals surface area contributed by atoms with Crippen molar-refractivity contribution in [1.82, 2.24) is 0 Å². The van der Waals surface area contributed by atoms with Gasteiger partial charge in [-0.15, -0.1) is 0 Å². The van der Waals surface area contributed by atoms with Crippen LogP contribution >= 0.6 is 15.9 Å². The first-order valence-electron chi connectivity index (χ1n) is 6.38. The highest BCUT2D eigenvalue weighted by Gasteiger charge is 2.21. The van der Waals surface area contributed by atoms with Crippen molar-refractivity contribution in [3.8, 4) is 0 Å². The smallest absolute Gasteiger partial charge is 0.0741 e. The molecule has 0 bridgehead atoms. The van der Waals surface area contributed by atoms with Gasteiger partial charge in [0.25, 0.3) is 0 Å². The molecular formula is C14H20BrNO. The Balaban J connectivity index is 2.10. The van der Waals surface area contributed by atoms with E-state index >= 15 is 0 Å². The van der Waals surface area contributed by atoms with E-state index in [2.05, 4.69) is 40.3 Å². The van der Waals surface area contributed by atoms with E-state index in [9.17, 15) is 5.11 Å². The zero-order valence-corrected chi connectivity index (χ0v) is 11.8. The molecular weight excluding hydrogens is 278 g/mol. The molecule has 0 aromatic heterocycles. The van der Waals surface area contributed by atoms with Crippen molar-refractivity contribution in [2.75, 3.05) is 5.32 Å². The molecule has 2 atom stereocenters. The van der Waals surface area contributed by atoms with Crippen molar-refractivity contribution in [2.45, 2.75) is 51.2 Å². The van der Waals surface area contributed by atoms with Crippen molar-refractivity contribution >= 4 is 21.6 Å². The van der Waals surface area contributed by atoms with E-state index in [0.29, 0.717) is 0 Å². The van der Waals surface area contributed by atoms with Crippen LogP contribution in [0.3, 0.4) is 0 Å². The van der Waals surface area contributed by atoms with E-state index in [0.717, 1.165) is 29.4 Å². The van der Waals surface area contributed by atoms with Gasteiger partial charge < -0.3 is 10.4 Å². The van der Waals surface area contributed by atoms with Crippen molar-refractivity contribution in [2.24, 2.45) is 0 Å². The normalized spacial score (nSPS) is 25.4. The lowest BCUT2D eigenvalue weighted by atomic mass is 10.1. The number of aliphatic hydroxyl groups is 1. The maximum atomic E-state index is 10.1. The van der Waals surface area contributed by atoms with Crippen molar-refractivity contribution < 1.29 is 5.11 Å². The number of hydrogen-bond donors (Lipinski definition) is 2. The molecule has 0 spiro atoms. The quantitative estimate of drug-likeness (QED) is 0.813.